The van der Waals surface area contributed by atoms with E-state index in [2.05, 4.69) is 34.9 Å². The molecule has 0 spiro atoms. The summed E-state index contributed by atoms with van der Waals surface area (Å²) >= 11 is 0. The van der Waals surface area contributed by atoms with E-state index in [9.17, 15) is 10.1 Å². The topological polar surface area (TPSA) is 74.2 Å². The highest BCUT2D eigenvalue weighted by Gasteiger charge is 2.23. The van der Waals surface area contributed by atoms with Crippen LogP contribution in [-0.4, -0.2) is 37.7 Å². The molecule has 24 heavy (non-hydrogen) atoms. The first kappa shape index (κ1) is 16.9. The van der Waals surface area contributed by atoms with Crippen molar-refractivity contribution in [2.75, 3.05) is 19.7 Å². The minimum atomic E-state index is -0.522. The first-order chi connectivity index (χ1) is 11.8. The van der Waals surface area contributed by atoms with Crippen LogP contribution in [0.15, 0.2) is 18.2 Å². The van der Waals surface area contributed by atoms with Gasteiger partial charge in [0.25, 0.3) is 5.91 Å². The molecule has 128 valence electrons. The number of nitrogens with zero attached hydrogens (tertiary/aromatic N) is 1. The van der Waals surface area contributed by atoms with Crippen LogP contribution >= 0.6 is 0 Å². The first-order valence-corrected chi connectivity index (χ1v) is 8.89. The molecule has 0 aromatic heterocycles. The molecule has 3 rings (SSSR count). The SMILES string of the molecule is N#C[C@@H](Cc1ccc2c(c1)CCCC2)NC(=O)[C@@H]1CNCCCO1. The summed E-state index contributed by atoms with van der Waals surface area (Å²) in [5, 5.41) is 15.4. The first-order valence-electron chi connectivity index (χ1n) is 8.89. The van der Waals surface area contributed by atoms with Gasteiger partial charge in [-0.3, -0.25) is 4.79 Å². The zero-order chi connectivity index (χ0) is 16.8. The molecular formula is C19H25N3O2. The number of benzene rings is 1. The number of hydrogen-bond acceptors (Lipinski definition) is 4. The largest absolute Gasteiger partial charge is 0.367 e. The second-order valence-electron chi connectivity index (χ2n) is 6.62. The lowest BCUT2D eigenvalue weighted by Gasteiger charge is -2.19. The molecule has 2 atom stereocenters. The maximum Gasteiger partial charge on any atom is 0.251 e. The van der Waals surface area contributed by atoms with Crippen molar-refractivity contribution in [1.29, 1.82) is 5.26 Å². The quantitative estimate of drug-likeness (QED) is 0.879. The van der Waals surface area contributed by atoms with Gasteiger partial charge in [-0.1, -0.05) is 18.2 Å². The van der Waals surface area contributed by atoms with Gasteiger partial charge in [0.2, 0.25) is 0 Å². The zero-order valence-electron chi connectivity index (χ0n) is 14.0. The normalized spacial score (nSPS) is 21.9. The zero-order valence-corrected chi connectivity index (χ0v) is 14.0. The lowest BCUT2D eigenvalue weighted by atomic mass is 9.89. The van der Waals surface area contributed by atoms with Crippen molar-refractivity contribution in [3.63, 3.8) is 0 Å². The summed E-state index contributed by atoms with van der Waals surface area (Å²) in [5.41, 5.74) is 3.95. The maximum absolute atomic E-state index is 12.3. The van der Waals surface area contributed by atoms with E-state index in [0.29, 0.717) is 19.6 Å². The summed E-state index contributed by atoms with van der Waals surface area (Å²) in [4.78, 5) is 12.3. The average Bonchev–Trinajstić information content (AvgIpc) is 2.90. The van der Waals surface area contributed by atoms with E-state index >= 15 is 0 Å². The Morgan fingerprint density at radius 1 is 1.33 bits per heavy atom. The van der Waals surface area contributed by atoms with Gasteiger partial charge in [0.1, 0.15) is 12.1 Å². The summed E-state index contributed by atoms with van der Waals surface area (Å²) in [7, 11) is 0. The summed E-state index contributed by atoms with van der Waals surface area (Å²) in [6.45, 7) is 1.94. The second-order valence-corrected chi connectivity index (χ2v) is 6.62. The van der Waals surface area contributed by atoms with Crippen LogP contribution in [0.3, 0.4) is 0 Å². The summed E-state index contributed by atoms with van der Waals surface area (Å²) in [6.07, 6.45) is 5.70. The molecule has 1 saturated heterocycles. The predicted molar refractivity (Wildman–Crippen MR) is 91.6 cm³/mol. The summed E-state index contributed by atoms with van der Waals surface area (Å²) in [6, 6.07) is 8.16. The Morgan fingerprint density at radius 3 is 3.00 bits per heavy atom. The van der Waals surface area contributed by atoms with Gasteiger partial charge in [0, 0.05) is 19.6 Å². The Morgan fingerprint density at radius 2 is 2.17 bits per heavy atom. The Labute approximate surface area is 143 Å². The van der Waals surface area contributed by atoms with Gasteiger partial charge < -0.3 is 15.4 Å². The van der Waals surface area contributed by atoms with Crippen LogP contribution in [0.2, 0.25) is 0 Å². The number of nitriles is 1. The Kier molecular flexibility index (Phi) is 5.84. The highest BCUT2D eigenvalue weighted by atomic mass is 16.5. The van der Waals surface area contributed by atoms with E-state index in [1.165, 1.54) is 24.0 Å². The van der Waals surface area contributed by atoms with Crippen molar-refractivity contribution < 1.29 is 9.53 Å². The third-order valence-electron chi connectivity index (χ3n) is 4.76. The van der Waals surface area contributed by atoms with Gasteiger partial charge in [-0.05, 0) is 55.3 Å². The van der Waals surface area contributed by atoms with Crippen molar-refractivity contribution in [1.82, 2.24) is 10.6 Å². The number of aryl methyl sites for hydroxylation is 2. The molecule has 1 aromatic carbocycles. The van der Waals surface area contributed by atoms with Crippen molar-refractivity contribution in [2.24, 2.45) is 0 Å². The van der Waals surface area contributed by atoms with Crippen LogP contribution in [-0.2, 0) is 28.8 Å². The molecule has 2 N–H and O–H groups in total. The number of rotatable bonds is 4. The van der Waals surface area contributed by atoms with E-state index in [-0.39, 0.29) is 5.91 Å². The minimum absolute atomic E-state index is 0.200. The highest BCUT2D eigenvalue weighted by molar-refractivity contribution is 5.81. The van der Waals surface area contributed by atoms with Crippen molar-refractivity contribution >= 4 is 5.91 Å². The fourth-order valence-electron chi connectivity index (χ4n) is 3.43. The van der Waals surface area contributed by atoms with Gasteiger partial charge >= 0.3 is 0 Å². The Hall–Kier alpha value is -1.90. The van der Waals surface area contributed by atoms with Gasteiger partial charge in [-0.25, -0.2) is 0 Å². The fourth-order valence-corrected chi connectivity index (χ4v) is 3.43. The third-order valence-corrected chi connectivity index (χ3v) is 4.76. The van der Waals surface area contributed by atoms with Gasteiger partial charge in [0.05, 0.1) is 6.07 Å². The molecule has 1 amide bonds. The highest BCUT2D eigenvalue weighted by Crippen LogP contribution is 2.22. The summed E-state index contributed by atoms with van der Waals surface area (Å²) < 4.78 is 5.55. The van der Waals surface area contributed by atoms with Crippen LogP contribution in [0.25, 0.3) is 0 Å². The molecule has 1 aliphatic carbocycles. The molecule has 0 radical (unpaired) electrons. The number of carbonyl (C=O) groups is 1. The molecule has 1 aliphatic heterocycles. The van der Waals surface area contributed by atoms with Crippen molar-refractivity contribution in [2.45, 2.75) is 50.7 Å². The monoisotopic (exact) mass is 327 g/mol. The van der Waals surface area contributed by atoms with Gasteiger partial charge in [-0.2, -0.15) is 5.26 Å². The van der Waals surface area contributed by atoms with E-state index in [1.807, 2.05) is 0 Å². The molecule has 0 bridgehead atoms. The molecule has 1 fully saturated rings. The maximum atomic E-state index is 12.3. The van der Waals surface area contributed by atoms with Crippen molar-refractivity contribution in [3.8, 4) is 6.07 Å². The number of carbonyl (C=O) groups excluding carboxylic acids is 1. The molecule has 1 heterocycles. The molecule has 0 unspecified atom stereocenters. The smallest absolute Gasteiger partial charge is 0.251 e. The van der Waals surface area contributed by atoms with Gasteiger partial charge in [0.15, 0.2) is 0 Å². The van der Waals surface area contributed by atoms with E-state index in [4.69, 9.17) is 4.74 Å². The van der Waals surface area contributed by atoms with Crippen LogP contribution in [0.5, 0.6) is 0 Å². The standard InChI is InChI=1S/C19H25N3O2/c20-12-17(22-19(23)18-13-21-8-3-9-24-18)11-14-6-7-15-4-1-2-5-16(15)10-14/h6-7,10,17-18,21H,1-5,8-9,11,13H2,(H,22,23)/t17-,18+/m1/s1. The van der Waals surface area contributed by atoms with E-state index < -0.39 is 12.1 Å². The molecule has 2 aliphatic rings. The molecule has 0 saturated carbocycles. The predicted octanol–water partition coefficient (Wildman–Crippen LogP) is 1.49. The van der Waals surface area contributed by atoms with E-state index in [1.54, 1.807) is 0 Å². The lowest BCUT2D eigenvalue weighted by Crippen LogP contribution is -2.46. The Bertz CT molecular complexity index is 616. The number of fused-ring (bicyclic) bond motifs is 1. The van der Waals surface area contributed by atoms with Gasteiger partial charge in [-0.15, -0.1) is 0 Å². The number of ether oxygens (including phenoxy) is 1. The molecule has 1 aromatic rings. The average molecular weight is 327 g/mol. The fraction of sp³-hybridized carbons (Fsp3) is 0.579. The third kappa shape index (κ3) is 4.34. The summed E-state index contributed by atoms with van der Waals surface area (Å²) in [5.74, 6) is -0.200. The molecular weight excluding hydrogens is 302 g/mol. The van der Waals surface area contributed by atoms with Crippen LogP contribution in [0.1, 0.15) is 36.0 Å². The lowest BCUT2D eigenvalue weighted by molar-refractivity contribution is -0.132. The second kappa shape index (κ2) is 8.27. The van der Waals surface area contributed by atoms with Crippen LogP contribution in [0, 0.1) is 11.3 Å². The van der Waals surface area contributed by atoms with Crippen LogP contribution < -0.4 is 10.6 Å². The number of hydrogen-bond donors (Lipinski definition) is 2. The van der Waals surface area contributed by atoms with Crippen LogP contribution in [0.4, 0.5) is 0 Å². The number of nitrogens with one attached hydrogen (secondary N) is 2. The number of amides is 1. The minimum Gasteiger partial charge on any atom is -0.367 e. The molecule has 5 heteroatoms. The van der Waals surface area contributed by atoms with E-state index in [0.717, 1.165) is 31.4 Å². The Balaban J connectivity index is 1.60. The molecule has 5 nitrogen and oxygen atoms in total. The van der Waals surface area contributed by atoms with Crippen molar-refractivity contribution in [3.05, 3.63) is 34.9 Å².